The molecule has 0 unspecified atom stereocenters. The van der Waals surface area contributed by atoms with Gasteiger partial charge < -0.3 is 15.5 Å². The molecule has 2 aromatic rings. The Morgan fingerprint density at radius 2 is 2.13 bits per heavy atom. The molecule has 0 spiro atoms. The SMILES string of the molecule is CN(C)C(=O)CNC(=NCc1ccccn1)NCc1cccs1. The number of guanidine groups is 1. The number of thiophene rings is 1. The summed E-state index contributed by atoms with van der Waals surface area (Å²) in [5.74, 6) is 0.590. The van der Waals surface area contributed by atoms with E-state index >= 15 is 0 Å². The summed E-state index contributed by atoms with van der Waals surface area (Å²) in [5, 5.41) is 8.33. The first-order chi connectivity index (χ1) is 11.1. The Morgan fingerprint density at radius 3 is 2.78 bits per heavy atom. The molecular weight excluding hydrogens is 310 g/mol. The Balaban J connectivity index is 1.96. The van der Waals surface area contributed by atoms with Crippen molar-refractivity contribution in [2.75, 3.05) is 20.6 Å². The van der Waals surface area contributed by atoms with Gasteiger partial charge in [-0.05, 0) is 23.6 Å². The van der Waals surface area contributed by atoms with Gasteiger partial charge in [0.25, 0.3) is 0 Å². The standard InChI is InChI=1S/C16H21N5OS/c1-21(2)15(22)12-20-16(19-11-14-7-5-9-23-14)18-10-13-6-3-4-8-17-13/h3-9H,10-12H2,1-2H3,(H2,18,19,20). The van der Waals surface area contributed by atoms with Gasteiger partial charge in [0, 0.05) is 25.2 Å². The van der Waals surface area contributed by atoms with Crippen molar-refractivity contribution in [3.63, 3.8) is 0 Å². The first-order valence-electron chi connectivity index (χ1n) is 7.30. The number of nitrogens with zero attached hydrogens (tertiary/aromatic N) is 3. The van der Waals surface area contributed by atoms with Crippen molar-refractivity contribution < 1.29 is 4.79 Å². The Bertz CT molecular complexity index is 625. The summed E-state index contributed by atoms with van der Waals surface area (Å²) in [6.07, 6.45) is 1.74. The zero-order chi connectivity index (χ0) is 16.5. The summed E-state index contributed by atoms with van der Waals surface area (Å²) >= 11 is 1.68. The van der Waals surface area contributed by atoms with Crippen LogP contribution in [-0.2, 0) is 17.9 Å². The van der Waals surface area contributed by atoms with Gasteiger partial charge in [0.2, 0.25) is 5.91 Å². The minimum atomic E-state index is -0.00606. The molecule has 0 bridgehead atoms. The number of aliphatic imine (C=N–C) groups is 1. The molecule has 0 fully saturated rings. The zero-order valence-corrected chi connectivity index (χ0v) is 14.1. The van der Waals surface area contributed by atoms with Gasteiger partial charge in [-0.2, -0.15) is 0 Å². The predicted octanol–water partition coefficient (Wildman–Crippen LogP) is 1.47. The first kappa shape index (κ1) is 17.0. The lowest BCUT2D eigenvalue weighted by atomic mass is 10.3. The van der Waals surface area contributed by atoms with Gasteiger partial charge in [-0.25, -0.2) is 4.99 Å². The molecule has 0 saturated carbocycles. The average molecular weight is 331 g/mol. The number of rotatable bonds is 6. The lowest BCUT2D eigenvalue weighted by molar-refractivity contribution is -0.127. The van der Waals surface area contributed by atoms with Crippen molar-refractivity contribution in [1.82, 2.24) is 20.5 Å². The van der Waals surface area contributed by atoms with Gasteiger partial charge in [0.05, 0.1) is 25.3 Å². The van der Waals surface area contributed by atoms with Gasteiger partial charge in [0.15, 0.2) is 5.96 Å². The second-order valence-electron chi connectivity index (χ2n) is 5.06. The maximum Gasteiger partial charge on any atom is 0.241 e. The van der Waals surface area contributed by atoms with Crippen LogP contribution < -0.4 is 10.6 Å². The smallest absolute Gasteiger partial charge is 0.241 e. The van der Waals surface area contributed by atoms with Crippen LogP contribution in [0, 0.1) is 0 Å². The van der Waals surface area contributed by atoms with Crippen LogP contribution in [0.15, 0.2) is 46.9 Å². The molecule has 0 atom stereocenters. The first-order valence-corrected chi connectivity index (χ1v) is 8.18. The Hall–Kier alpha value is -2.41. The van der Waals surface area contributed by atoms with Crippen LogP contribution in [0.1, 0.15) is 10.6 Å². The minimum Gasteiger partial charge on any atom is -0.351 e. The average Bonchev–Trinajstić information content (AvgIpc) is 3.08. The van der Waals surface area contributed by atoms with Crippen LogP contribution in [0.3, 0.4) is 0 Å². The number of amides is 1. The zero-order valence-electron chi connectivity index (χ0n) is 13.3. The molecule has 0 radical (unpaired) electrons. The molecule has 0 aliphatic carbocycles. The van der Waals surface area contributed by atoms with Crippen molar-refractivity contribution in [2.45, 2.75) is 13.1 Å². The number of pyridine rings is 1. The van der Waals surface area contributed by atoms with E-state index in [4.69, 9.17) is 0 Å². The van der Waals surface area contributed by atoms with Crippen LogP contribution in [0.4, 0.5) is 0 Å². The van der Waals surface area contributed by atoms with Crippen molar-refractivity contribution in [3.8, 4) is 0 Å². The van der Waals surface area contributed by atoms with E-state index in [-0.39, 0.29) is 12.5 Å². The summed E-state index contributed by atoms with van der Waals surface area (Å²) in [6.45, 7) is 1.32. The second kappa shape index (κ2) is 8.89. The Labute approximate surface area is 140 Å². The highest BCUT2D eigenvalue weighted by molar-refractivity contribution is 7.09. The van der Waals surface area contributed by atoms with E-state index in [0.717, 1.165) is 5.69 Å². The van der Waals surface area contributed by atoms with Gasteiger partial charge in [-0.3, -0.25) is 9.78 Å². The Kier molecular flexibility index (Phi) is 6.56. The molecule has 23 heavy (non-hydrogen) atoms. The summed E-state index contributed by atoms with van der Waals surface area (Å²) < 4.78 is 0. The van der Waals surface area contributed by atoms with Crippen molar-refractivity contribution >= 4 is 23.2 Å². The summed E-state index contributed by atoms with van der Waals surface area (Å²) in [7, 11) is 3.46. The van der Waals surface area contributed by atoms with Crippen LogP contribution in [0.5, 0.6) is 0 Å². The topological polar surface area (TPSA) is 69.6 Å². The summed E-state index contributed by atoms with van der Waals surface area (Å²) in [6, 6.07) is 9.79. The predicted molar refractivity (Wildman–Crippen MR) is 93.2 cm³/mol. The van der Waals surface area contributed by atoms with Crippen molar-refractivity contribution in [2.24, 2.45) is 4.99 Å². The molecule has 0 aromatic carbocycles. The summed E-state index contributed by atoms with van der Waals surface area (Å²) in [5.41, 5.74) is 0.878. The van der Waals surface area contributed by atoms with Crippen LogP contribution in [0.25, 0.3) is 0 Å². The van der Waals surface area contributed by atoms with Crippen LogP contribution >= 0.6 is 11.3 Å². The molecule has 122 valence electrons. The van der Waals surface area contributed by atoms with Gasteiger partial charge >= 0.3 is 0 Å². The Morgan fingerprint density at radius 1 is 1.26 bits per heavy atom. The van der Waals surface area contributed by atoms with E-state index in [0.29, 0.717) is 19.0 Å². The number of hydrogen-bond donors (Lipinski definition) is 2. The fourth-order valence-corrected chi connectivity index (χ4v) is 2.37. The highest BCUT2D eigenvalue weighted by Crippen LogP contribution is 2.07. The van der Waals surface area contributed by atoms with E-state index in [1.165, 1.54) is 4.88 Å². The number of carbonyl (C=O) groups is 1. The molecule has 1 amide bonds. The molecule has 0 aliphatic rings. The third-order valence-corrected chi connectivity index (χ3v) is 3.92. The lowest BCUT2D eigenvalue weighted by Gasteiger charge is -2.14. The highest BCUT2D eigenvalue weighted by atomic mass is 32.1. The van der Waals surface area contributed by atoms with Crippen molar-refractivity contribution in [3.05, 3.63) is 52.5 Å². The van der Waals surface area contributed by atoms with Gasteiger partial charge in [-0.15, -0.1) is 11.3 Å². The van der Waals surface area contributed by atoms with Crippen LogP contribution in [-0.4, -0.2) is 42.4 Å². The summed E-state index contributed by atoms with van der Waals surface area (Å²) in [4.78, 5) is 23.2. The number of aromatic nitrogens is 1. The monoisotopic (exact) mass is 331 g/mol. The van der Waals surface area contributed by atoms with Crippen LogP contribution in [0.2, 0.25) is 0 Å². The fraction of sp³-hybridized carbons (Fsp3) is 0.312. The van der Waals surface area contributed by atoms with Gasteiger partial charge in [0.1, 0.15) is 0 Å². The van der Waals surface area contributed by atoms with E-state index < -0.39 is 0 Å². The number of carbonyl (C=O) groups excluding carboxylic acids is 1. The molecule has 2 aromatic heterocycles. The maximum atomic E-state index is 11.7. The van der Waals surface area contributed by atoms with Gasteiger partial charge in [-0.1, -0.05) is 12.1 Å². The molecule has 0 saturated heterocycles. The minimum absolute atomic E-state index is 0.00606. The van der Waals surface area contributed by atoms with E-state index in [2.05, 4.69) is 26.7 Å². The van der Waals surface area contributed by atoms with E-state index in [9.17, 15) is 4.79 Å². The molecule has 0 aliphatic heterocycles. The molecule has 6 nitrogen and oxygen atoms in total. The van der Waals surface area contributed by atoms with Crippen molar-refractivity contribution in [1.29, 1.82) is 0 Å². The molecular formula is C16H21N5OS. The molecule has 7 heteroatoms. The normalized spacial score (nSPS) is 11.1. The third-order valence-electron chi connectivity index (χ3n) is 3.04. The largest absolute Gasteiger partial charge is 0.351 e. The van der Waals surface area contributed by atoms with E-state index in [1.807, 2.05) is 29.6 Å². The fourth-order valence-electron chi connectivity index (χ4n) is 1.73. The quantitative estimate of drug-likeness (QED) is 0.621. The number of nitrogens with one attached hydrogen (secondary N) is 2. The van der Waals surface area contributed by atoms with E-state index in [1.54, 1.807) is 36.5 Å². The molecule has 2 N–H and O–H groups in total. The molecule has 2 heterocycles. The number of hydrogen-bond acceptors (Lipinski definition) is 4. The molecule has 2 rings (SSSR count). The lowest BCUT2D eigenvalue weighted by Crippen LogP contribution is -2.42. The second-order valence-corrected chi connectivity index (χ2v) is 6.09. The number of likely N-dealkylation sites (N-methyl/N-ethyl adjacent to an activating group) is 1. The maximum absolute atomic E-state index is 11.7. The third kappa shape index (κ3) is 6.07. The highest BCUT2D eigenvalue weighted by Gasteiger charge is 2.06.